The number of nitro benzene ring substituents is 1. The fraction of sp³-hybridized carbons (Fsp3) is 0. The summed E-state index contributed by atoms with van der Waals surface area (Å²) in [7, 11) is 0. The van der Waals surface area contributed by atoms with Gasteiger partial charge in [-0.05, 0) is 12.1 Å². The van der Waals surface area contributed by atoms with Gasteiger partial charge in [-0.25, -0.2) is 0 Å². The third-order valence-corrected chi connectivity index (χ3v) is 3.56. The van der Waals surface area contributed by atoms with Crippen LogP contribution in [0.1, 0.15) is 0 Å². The summed E-state index contributed by atoms with van der Waals surface area (Å²) in [6, 6.07) is 11.5. The van der Waals surface area contributed by atoms with Gasteiger partial charge in [-0.2, -0.15) is 0 Å². The molecular weight excluding hydrogens is 327 g/mol. The molecule has 0 fully saturated rings. The number of aromatic nitrogens is 1. The maximum absolute atomic E-state index is 10.8. The third kappa shape index (κ3) is 2.68. The van der Waals surface area contributed by atoms with E-state index in [0.717, 1.165) is 5.39 Å². The van der Waals surface area contributed by atoms with Crippen LogP contribution < -0.4 is 4.74 Å². The number of ether oxygens (including phenoxy) is 1. The second kappa shape index (κ2) is 5.79. The molecule has 2 aromatic carbocycles. The predicted octanol–water partition coefficient (Wildman–Crippen LogP) is 5.24. The molecule has 0 radical (unpaired) electrons. The van der Waals surface area contributed by atoms with Gasteiger partial charge in [-0.3, -0.25) is 15.1 Å². The van der Waals surface area contributed by atoms with Crippen molar-refractivity contribution in [3.63, 3.8) is 0 Å². The van der Waals surface area contributed by atoms with E-state index in [1.54, 1.807) is 12.3 Å². The second-order valence-electron chi connectivity index (χ2n) is 4.43. The lowest BCUT2D eigenvalue weighted by Gasteiger charge is -2.11. The highest BCUT2D eigenvalue weighted by Gasteiger charge is 2.17. The van der Waals surface area contributed by atoms with Gasteiger partial charge in [-0.1, -0.05) is 41.4 Å². The minimum atomic E-state index is -0.568. The lowest BCUT2D eigenvalue weighted by molar-refractivity contribution is -0.384. The van der Waals surface area contributed by atoms with Gasteiger partial charge < -0.3 is 4.74 Å². The lowest BCUT2D eigenvalue weighted by atomic mass is 10.2. The zero-order chi connectivity index (χ0) is 15.7. The summed E-state index contributed by atoms with van der Waals surface area (Å²) in [5.74, 6) is 0.628. The van der Waals surface area contributed by atoms with E-state index in [9.17, 15) is 10.1 Å². The van der Waals surface area contributed by atoms with Gasteiger partial charge in [0, 0.05) is 23.7 Å². The van der Waals surface area contributed by atoms with Crippen molar-refractivity contribution >= 4 is 39.8 Å². The summed E-state index contributed by atoms with van der Waals surface area (Å²) < 4.78 is 5.74. The van der Waals surface area contributed by atoms with Crippen LogP contribution in [0.5, 0.6) is 11.5 Å². The maximum atomic E-state index is 10.8. The molecule has 5 nitrogen and oxygen atoms in total. The van der Waals surface area contributed by atoms with E-state index in [1.165, 1.54) is 12.1 Å². The molecule has 0 atom stereocenters. The summed E-state index contributed by atoms with van der Waals surface area (Å²) in [5.41, 5.74) is 0.453. The summed E-state index contributed by atoms with van der Waals surface area (Å²) in [4.78, 5) is 14.5. The zero-order valence-electron chi connectivity index (χ0n) is 11.0. The van der Waals surface area contributed by atoms with Gasteiger partial charge in [-0.15, -0.1) is 0 Å². The first-order chi connectivity index (χ1) is 10.6. The van der Waals surface area contributed by atoms with Gasteiger partial charge in [0.2, 0.25) is 0 Å². The largest absolute Gasteiger partial charge is 0.452 e. The first-order valence-electron chi connectivity index (χ1n) is 6.21. The normalized spacial score (nSPS) is 10.6. The first-order valence-corrected chi connectivity index (χ1v) is 6.97. The van der Waals surface area contributed by atoms with Crippen LogP contribution in [0.2, 0.25) is 10.0 Å². The molecule has 0 amide bonds. The van der Waals surface area contributed by atoms with Crippen LogP contribution in [-0.2, 0) is 0 Å². The highest BCUT2D eigenvalue weighted by atomic mass is 35.5. The van der Waals surface area contributed by atoms with E-state index in [2.05, 4.69) is 4.98 Å². The number of rotatable bonds is 3. The Bertz CT molecular complexity index is 855. The molecule has 0 unspecified atom stereocenters. The Morgan fingerprint density at radius 2 is 1.77 bits per heavy atom. The monoisotopic (exact) mass is 334 g/mol. The van der Waals surface area contributed by atoms with Gasteiger partial charge in [0.25, 0.3) is 5.69 Å². The molecule has 0 bridgehead atoms. The molecule has 7 heteroatoms. The highest BCUT2D eigenvalue weighted by Crippen LogP contribution is 2.40. The number of non-ortho nitro benzene ring substituents is 1. The van der Waals surface area contributed by atoms with Gasteiger partial charge in [0.05, 0.1) is 15.0 Å². The molecule has 0 N–H and O–H groups in total. The molecule has 1 heterocycles. The number of nitrogens with zero attached hydrogens (tertiary/aromatic N) is 2. The molecule has 0 saturated carbocycles. The van der Waals surface area contributed by atoms with Gasteiger partial charge in [0.15, 0.2) is 11.5 Å². The van der Waals surface area contributed by atoms with Crippen molar-refractivity contribution < 1.29 is 9.66 Å². The molecule has 0 saturated heterocycles. The molecule has 3 aromatic rings. The van der Waals surface area contributed by atoms with E-state index < -0.39 is 4.92 Å². The molecular formula is C15H8Cl2N2O3. The molecule has 1 aromatic heterocycles. The van der Waals surface area contributed by atoms with Crippen LogP contribution >= 0.6 is 23.2 Å². The number of nitro groups is 1. The Hall–Kier alpha value is -2.37. The topological polar surface area (TPSA) is 65.3 Å². The average Bonchev–Trinajstić information content (AvgIpc) is 2.50. The van der Waals surface area contributed by atoms with Crippen LogP contribution in [0.25, 0.3) is 10.9 Å². The van der Waals surface area contributed by atoms with E-state index >= 15 is 0 Å². The molecule has 0 aliphatic carbocycles. The Morgan fingerprint density at radius 3 is 2.45 bits per heavy atom. The van der Waals surface area contributed by atoms with Gasteiger partial charge >= 0.3 is 0 Å². The fourth-order valence-electron chi connectivity index (χ4n) is 2.02. The SMILES string of the molecule is O=[N+]([O-])c1cc(Cl)c(Oc2cccc3cccnc23)c(Cl)c1. The van der Waals surface area contributed by atoms with Crippen molar-refractivity contribution in [1.29, 1.82) is 0 Å². The van der Waals surface area contributed by atoms with Crippen molar-refractivity contribution in [2.24, 2.45) is 0 Å². The lowest BCUT2D eigenvalue weighted by Crippen LogP contribution is -1.92. The van der Waals surface area contributed by atoms with Crippen LogP contribution in [0, 0.1) is 10.1 Å². The summed E-state index contributed by atoms with van der Waals surface area (Å²) in [6.45, 7) is 0. The molecule has 110 valence electrons. The van der Waals surface area contributed by atoms with Crippen molar-refractivity contribution in [1.82, 2.24) is 4.98 Å². The Labute approximate surface area is 135 Å². The maximum Gasteiger partial charge on any atom is 0.272 e. The number of halogens is 2. The number of fused-ring (bicyclic) bond motifs is 1. The minimum Gasteiger partial charge on any atom is -0.452 e. The van der Waals surface area contributed by atoms with E-state index in [0.29, 0.717) is 11.3 Å². The third-order valence-electron chi connectivity index (χ3n) is 3.00. The standard InChI is InChI=1S/C15H8Cl2N2O3/c16-11-7-10(19(20)21)8-12(17)15(11)22-13-5-1-3-9-4-2-6-18-14(9)13/h1-8H. The molecule has 0 aliphatic rings. The van der Waals surface area contributed by atoms with Crippen LogP contribution in [0.4, 0.5) is 5.69 Å². The van der Waals surface area contributed by atoms with Crippen molar-refractivity contribution in [3.8, 4) is 11.5 Å². The zero-order valence-corrected chi connectivity index (χ0v) is 12.5. The fourth-order valence-corrected chi connectivity index (χ4v) is 2.57. The van der Waals surface area contributed by atoms with E-state index in [1.807, 2.05) is 24.3 Å². The first kappa shape index (κ1) is 14.6. The van der Waals surface area contributed by atoms with Crippen molar-refractivity contribution in [3.05, 3.63) is 68.8 Å². The van der Waals surface area contributed by atoms with Gasteiger partial charge in [0.1, 0.15) is 5.52 Å². The second-order valence-corrected chi connectivity index (χ2v) is 5.24. The quantitative estimate of drug-likeness (QED) is 0.485. The summed E-state index contributed by atoms with van der Waals surface area (Å²) in [5, 5.41) is 11.8. The number of hydrogen-bond acceptors (Lipinski definition) is 4. The Kier molecular flexibility index (Phi) is 3.83. The summed E-state index contributed by atoms with van der Waals surface area (Å²) >= 11 is 12.1. The average molecular weight is 335 g/mol. The highest BCUT2D eigenvalue weighted by molar-refractivity contribution is 6.37. The number of hydrogen-bond donors (Lipinski definition) is 0. The van der Waals surface area contributed by atoms with E-state index in [-0.39, 0.29) is 21.5 Å². The molecule has 3 rings (SSSR count). The summed E-state index contributed by atoms with van der Waals surface area (Å²) in [6.07, 6.45) is 1.65. The minimum absolute atomic E-state index is 0.0622. The molecule has 0 aliphatic heterocycles. The predicted molar refractivity (Wildman–Crippen MR) is 84.9 cm³/mol. The number of pyridine rings is 1. The molecule has 22 heavy (non-hydrogen) atoms. The van der Waals surface area contributed by atoms with Crippen molar-refractivity contribution in [2.45, 2.75) is 0 Å². The smallest absolute Gasteiger partial charge is 0.272 e. The van der Waals surface area contributed by atoms with Crippen LogP contribution in [-0.4, -0.2) is 9.91 Å². The van der Waals surface area contributed by atoms with Crippen LogP contribution in [0.15, 0.2) is 48.7 Å². The molecule has 0 spiro atoms. The van der Waals surface area contributed by atoms with E-state index in [4.69, 9.17) is 27.9 Å². The Morgan fingerprint density at radius 1 is 1.09 bits per heavy atom. The van der Waals surface area contributed by atoms with Crippen molar-refractivity contribution in [2.75, 3.05) is 0 Å². The Balaban J connectivity index is 2.08. The van der Waals surface area contributed by atoms with Crippen LogP contribution in [0.3, 0.4) is 0 Å². The number of benzene rings is 2. The number of para-hydroxylation sites is 1.